The lowest BCUT2D eigenvalue weighted by molar-refractivity contribution is -0.126. The van der Waals surface area contributed by atoms with E-state index in [0.29, 0.717) is 17.5 Å². The summed E-state index contributed by atoms with van der Waals surface area (Å²) in [7, 11) is 0. The second kappa shape index (κ2) is 4.35. The Balaban J connectivity index is 1.81. The third-order valence-electron chi connectivity index (χ3n) is 3.60. The molecule has 1 unspecified atom stereocenters. The number of carbonyl (C=O) groups is 1. The molecule has 1 N–H and O–H groups in total. The largest absolute Gasteiger partial charge is 0.476 e. The molecule has 1 aliphatic carbocycles. The van der Waals surface area contributed by atoms with E-state index in [-0.39, 0.29) is 12.0 Å². The van der Waals surface area contributed by atoms with Crippen LogP contribution in [0.5, 0.6) is 5.75 Å². The number of pyridine rings is 1. The summed E-state index contributed by atoms with van der Waals surface area (Å²) in [5, 5.41) is 2.83. The van der Waals surface area contributed by atoms with Gasteiger partial charge in [0.15, 0.2) is 17.7 Å². The van der Waals surface area contributed by atoms with E-state index in [2.05, 4.69) is 10.3 Å². The van der Waals surface area contributed by atoms with E-state index in [1.54, 1.807) is 6.20 Å². The fourth-order valence-corrected chi connectivity index (χ4v) is 2.70. The van der Waals surface area contributed by atoms with E-state index in [1.807, 2.05) is 12.1 Å². The molecular weight excluding hydrogens is 216 g/mol. The number of carbonyl (C=O) groups excluding carboxylic acids is 1. The number of fused-ring (bicyclic) bond motifs is 1. The first kappa shape index (κ1) is 10.6. The fraction of sp³-hybridized carbons (Fsp3) is 0.538. The van der Waals surface area contributed by atoms with Crippen LogP contribution in [0.15, 0.2) is 18.3 Å². The molecule has 1 aliphatic heterocycles. The molecule has 0 bridgehead atoms. The van der Waals surface area contributed by atoms with Crippen molar-refractivity contribution in [1.29, 1.82) is 0 Å². The Morgan fingerprint density at radius 2 is 2.12 bits per heavy atom. The summed E-state index contributed by atoms with van der Waals surface area (Å²) in [6, 6.07) is 3.69. The van der Waals surface area contributed by atoms with E-state index in [1.165, 1.54) is 19.3 Å². The monoisotopic (exact) mass is 232 g/mol. The highest BCUT2D eigenvalue weighted by molar-refractivity contribution is 5.96. The van der Waals surface area contributed by atoms with Crippen LogP contribution in [-0.4, -0.2) is 17.0 Å². The lowest BCUT2D eigenvalue weighted by atomic mass is 9.84. The molecule has 17 heavy (non-hydrogen) atoms. The molecule has 90 valence electrons. The molecule has 0 radical (unpaired) electrons. The molecule has 2 heterocycles. The van der Waals surface area contributed by atoms with Gasteiger partial charge in [0.25, 0.3) is 5.91 Å². The van der Waals surface area contributed by atoms with Crippen molar-refractivity contribution < 1.29 is 9.53 Å². The van der Waals surface area contributed by atoms with Gasteiger partial charge in [-0.3, -0.25) is 4.79 Å². The van der Waals surface area contributed by atoms with Gasteiger partial charge in [0, 0.05) is 12.1 Å². The average molecular weight is 232 g/mol. The molecule has 3 rings (SSSR count). The standard InChI is InChI=1S/C13H16N2O2/c16-13-11(9-5-2-1-3-6-9)17-10-7-4-8-14-12(10)15-13/h4,7-9,11H,1-3,5-6H2,(H,14,15,16). The quantitative estimate of drug-likeness (QED) is 0.808. The number of ether oxygens (including phenoxy) is 1. The van der Waals surface area contributed by atoms with E-state index in [4.69, 9.17) is 4.74 Å². The summed E-state index contributed by atoms with van der Waals surface area (Å²) in [4.78, 5) is 16.1. The van der Waals surface area contributed by atoms with Gasteiger partial charge in [-0.2, -0.15) is 0 Å². The van der Waals surface area contributed by atoms with Crippen molar-refractivity contribution in [3.8, 4) is 5.75 Å². The third kappa shape index (κ3) is 1.99. The molecule has 0 saturated heterocycles. The van der Waals surface area contributed by atoms with Crippen LogP contribution >= 0.6 is 0 Å². The Labute approximate surface area is 100 Å². The molecular formula is C13H16N2O2. The molecule has 1 saturated carbocycles. The van der Waals surface area contributed by atoms with Crippen molar-refractivity contribution in [3.05, 3.63) is 18.3 Å². The van der Waals surface area contributed by atoms with Crippen LogP contribution in [0.25, 0.3) is 0 Å². The van der Waals surface area contributed by atoms with Gasteiger partial charge >= 0.3 is 0 Å². The maximum Gasteiger partial charge on any atom is 0.266 e. The third-order valence-corrected chi connectivity index (χ3v) is 3.60. The van der Waals surface area contributed by atoms with Crippen molar-refractivity contribution >= 4 is 11.7 Å². The van der Waals surface area contributed by atoms with Gasteiger partial charge in [0.2, 0.25) is 0 Å². The Morgan fingerprint density at radius 3 is 2.94 bits per heavy atom. The molecule has 2 aliphatic rings. The van der Waals surface area contributed by atoms with Crippen LogP contribution in [0.3, 0.4) is 0 Å². The van der Waals surface area contributed by atoms with Crippen LogP contribution in [0, 0.1) is 5.92 Å². The fourth-order valence-electron chi connectivity index (χ4n) is 2.70. The van der Waals surface area contributed by atoms with Crippen molar-refractivity contribution in [3.63, 3.8) is 0 Å². The number of aromatic nitrogens is 1. The first-order valence-electron chi connectivity index (χ1n) is 6.27. The van der Waals surface area contributed by atoms with Crippen molar-refractivity contribution in [2.45, 2.75) is 38.2 Å². The number of hydrogen-bond donors (Lipinski definition) is 1. The molecule has 0 aromatic carbocycles. The molecule has 4 nitrogen and oxygen atoms in total. The summed E-state index contributed by atoms with van der Waals surface area (Å²) in [5.74, 6) is 1.56. The van der Waals surface area contributed by atoms with Crippen molar-refractivity contribution in [1.82, 2.24) is 4.98 Å². The Hall–Kier alpha value is -1.58. The minimum absolute atomic E-state index is 0.0388. The van der Waals surface area contributed by atoms with E-state index < -0.39 is 0 Å². The van der Waals surface area contributed by atoms with Crippen LogP contribution in [-0.2, 0) is 4.79 Å². The molecule has 1 aromatic rings. The smallest absolute Gasteiger partial charge is 0.266 e. The van der Waals surface area contributed by atoms with Gasteiger partial charge in [-0.1, -0.05) is 19.3 Å². The SMILES string of the molecule is O=C1Nc2ncccc2OC1C1CCCCC1. The lowest BCUT2D eigenvalue weighted by Crippen LogP contribution is -2.43. The number of nitrogens with one attached hydrogen (secondary N) is 1. The minimum atomic E-state index is -0.327. The summed E-state index contributed by atoms with van der Waals surface area (Å²) >= 11 is 0. The maximum atomic E-state index is 12.0. The predicted octanol–water partition coefficient (Wildman–Crippen LogP) is 2.36. The number of hydrogen-bond acceptors (Lipinski definition) is 3. The van der Waals surface area contributed by atoms with Crippen LogP contribution < -0.4 is 10.1 Å². The van der Waals surface area contributed by atoms with Crippen LogP contribution in [0.2, 0.25) is 0 Å². The number of rotatable bonds is 1. The van der Waals surface area contributed by atoms with E-state index in [0.717, 1.165) is 12.8 Å². The zero-order chi connectivity index (χ0) is 11.7. The summed E-state index contributed by atoms with van der Waals surface area (Å²) < 4.78 is 5.81. The summed E-state index contributed by atoms with van der Waals surface area (Å²) in [5.41, 5.74) is 0. The van der Waals surface area contributed by atoms with Gasteiger partial charge in [-0.05, 0) is 25.0 Å². The summed E-state index contributed by atoms with van der Waals surface area (Å²) in [6.07, 6.45) is 7.20. The topological polar surface area (TPSA) is 51.2 Å². The van der Waals surface area contributed by atoms with Gasteiger partial charge in [0.1, 0.15) is 0 Å². The Kier molecular flexibility index (Phi) is 2.71. The van der Waals surface area contributed by atoms with Crippen LogP contribution in [0.1, 0.15) is 32.1 Å². The predicted molar refractivity (Wildman–Crippen MR) is 63.9 cm³/mol. The van der Waals surface area contributed by atoms with Crippen molar-refractivity contribution in [2.75, 3.05) is 5.32 Å². The van der Waals surface area contributed by atoms with Gasteiger partial charge < -0.3 is 10.1 Å². The Morgan fingerprint density at radius 1 is 1.29 bits per heavy atom. The first-order valence-corrected chi connectivity index (χ1v) is 6.27. The molecule has 1 atom stereocenters. The zero-order valence-corrected chi connectivity index (χ0v) is 9.69. The maximum absolute atomic E-state index is 12.0. The second-order valence-electron chi connectivity index (χ2n) is 4.78. The molecule has 1 fully saturated rings. The molecule has 1 aromatic heterocycles. The second-order valence-corrected chi connectivity index (χ2v) is 4.78. The Bertz CT molecular complexity index is 427. The lowest BCUT2D eigenvalue weighted by Gasteiger charge is -2.32. The normalized spacial score (nSPS) is 24.7. The highest BCUT2D eigenvalue weighted by Crippen LogP contribution is 2.34. The molecule has 4 heteroatoms. The average Bonchev–Trinajstić information content (AvgIpc) is 2.39. The van der Waals surface area contributed by atoms with E-state index >= 15 is 0 Å². The highest BCUT2D eigenvalue weighted by Gasteiger charge is 2.35. The van der Waals surface area contributed by atoms with Gasteiger partial charge in [-0.25, -0.2) is 4.98 Å². The van der Waals surface area contributed by atoms with Crippen LogP contribution in [0.4, 0.5) is 5.82 Å². The number of nitrogens with zero attached hydrogens (tertiary/aromatic N) is 1. The van der Waals surface area contributed by atoms with Gasteiger partial charge in [0.05, 0.1) is 0 Å². The minimum Gasteiger partial charge on any atom is -0.476 e. The first-order chi connectivity index (χ1) is 8.34. The molecule has 0 spiro atoms. The summed E-state index contributed by atoms with van der Waals surface area (Å²) in [6.45, 7) is 0. The number of anilines is 1. The van der Waals surface area contributed by atoms with E-state index in [9.17, 15) is 4.79 Å². The highest BCUT2D eigenvalue weighted by atomic mass is 16.5. The molecule has 1 amide bonds. The zero-order valence-electron chi connectivity index (χ0n) is 9.69. The number of amides is 1. The van der Waals surface area contributed by atoms with Gasteiger partial charge in [-0.15, -0.1) is 0 Å². The van der Waals surface area contributed by atoms with Crippen molar-refractivity contribution in [2.24, 2.45) is 5.92 Å².